The van der Waals surface area contributed by atoms with E-state index in [1.165, 1.54) is 12.1 Å². The van der Waals surface area contributed by atoms with E-state index in [4.69, 9.17) is 5.73 Å². The highest BCUT2D eigenvalue weighted by atomic mass is 19.2. The number of nitrogens with zero attached hydrogens (tertiary/aromatic N) is 1. The van der Waals surface area contributed by atoms with Crippen LogP contribution in [-0.4, -0.2) is 29.9 Å². The summed E-state index contributed by atoms with van der Waals surface area (Å²) >= 11 is 0. The number of benzene rings is 1. The monoisotopic (exact) mass is 296 g/mol. The normalized spacial score (nSPS) is 22.4. The largest absolute Gasteiger partial charge is 0.338 e. The van der Waals surface area contributed by atoms with Crippen LogP contribution in [0.25, 0.3) is 0 Å². The molecule has 0 radical (unpaired) electrons. The van der Waals surface area contributed by atoms with Gasteiger partial charge in [0, 0.05) is 25.6 Å². The molecule has 0 aliphatic carbocycles. The van der Waals surface area contributed by atoms with E-state index < -0.39 is 11.6 Å². The number of likely N-dealkylation sites (tertiary alicyclic amines) is 1. The summed E-state index contributed by atoms with van der Waals surface area (Å²) < 4.78 is 26.7. The fourth-order valence-electron chi connectivity index (χ4n) is 2.93. The van der Waals surface area contributed by atoms with Crippen LogP contribution in [0.15, 0.2) is 18.2 Å². The van der Waals surface area contributed by atoms with E-state index in [9.17, 15) is 13.6 Å². The van der Waals surface area contributed by atoms with Gasteiger partial charge >= 0.3 is 0 Å². The maximum absolute atomic E-state index is 13.6. The van der Waals surface area contributed by atoms with Crippen molar-refractivity contribution in [2.75, 3.05) is 13.1 Å². The molecule has 1 heterocycles. The molecule has 0 bridgehead atoms. The van der Waals surface area contributed by atoms with Gasteiger partial charge in [-0.05, 0) is 36.8 Å². The molecular formula is C16H22F2N2O. The highest BCUT2D eigenvalue weighted by molar-refractivity contribution is 5.77. The van der Waals surface area contributed by atoms with E-state index in [2.05, 4.69) is 6.92 Å². The molecule has 2 N–H and O–H groups in total. The Morgan fingerprint density at radius 3 is 2.90 bits per heavy atom. The van der Waals surface area contributed by atoms with Gasteiger partial charge in [-0.2, -0.15) is 0 Å². The van der Waals surface area contributed by atoms with E-state index in [-0.39, 0.29) is 30.4 Å². The lowest BCUT2D eigenvalue weighted by molar-refractivity contribution is -0.135. The van der Waals surface area contributed by atoms with E-state index in [1.54, 1.807) is 4.90 Å². The van der Waals surface area contributed by atoms with Crippen LogP contribution in [0.5, 0.6) is 0 Å². The van der Waals surface area contributed by atoms with Crippen LogP contribution in [0.4, 0.5) is 8.78 Å². The topological polar surface area (TPSA) is 46.3 Å². The van der Waals surface area contributed by atoms with Crippen molar-refractivity contribution in [2.45, 2.75) is 38.6 Å². The number of carbonyl (C=O) groups is 1. The molecule has 1 fully saturated rings. The summed E-state index contributed by atoms with van der Waals surface area (Å²) in [6, 6.07) is 4.13. The lowest BCUT2D eigenvalue weighted by Crippen LogP contribution is -2.49. The predicted molar refractivity (Wildman–Crippen MR) is 77.6 cm³/mol. The zero-order chi connectivity index (χ0) is 15.4. The third-order valence-electron chi connectivity index (χ3n) is 4.21. The second-order valence-electron chi connectivity index (χ2n) is 5.82. The highest BCUT2D eigenvalue weighted by Crippen LogP contribution is 2.23. The van der Waals surface area contributed by atoms with Crippen molar-refractivity contribution >= 4 is 5.91 Å². The van der Waals surface area contributed by atoms with Gasteiger partial charge in [-0.15, -0.1) is 0 Å². The maximum Gasteiger partial charge on any atom is 0.223 e. The first-order chi connectivity index (χ1) is 10.0. The summed E-state index contributed by atoms with van der Waals surface area (Å²) in [6.07, 6.45) is 2.28. The fraction of sp³-hybridized carbons (Fsp3) is 0.562. The third kappa shape index (κ3) is 3.79. The number of nitrogens with two attached hydrogens (primary N) is 1. The first kappa shape index (κ1) is 15.9. The van der Waals surface area contributed by atoms with Gasteiger partial charge in [0.25, 0.3) is 0 Å². The van der Waals surface area contributed by atoms with E-state index in [1.807, 2.05) is 0 Å². The number of rotatable bonds is 4. The molecule has 21 heavy (non-hydrogen) atoms. The lowest BCUT2D eigenvalue weighted by atomic mass is 9.92. The standard InChI is InChI=1S/C16H22F2N2O/c1-11-7-8-20(13(9-11)10-19)15(21)6-5-12-3-2-4-14(17)16(12)18/h2-4,11,13H,5-10,19H2,1H3. The molecule has 5 heteroatoms. The Balaban J connectivity index is 1.96. The Kier molecular flexibility index (Phi) is 5.28. The zero-order valence-electron chi connectivity index (χ0n) is 12.3. The van der Waals surface area contributed by atoms with Gasteiger partial charge in [0.15, 0.2) is 11.6 Å². The summed E-state index contributed by atoms with van der Waals surface area (Å²) in [4.78, 5) is 14.1. The maximum atomic E-state index is 13.6. The molecule has 1 aromatic rings. The minimum Gasteiger partial charge on any atom is -0.338 e. The number of carbonyl (C=O) groups excluding carboxylic acids is 1. The molecule has 0 saturated carbocycles. The van der Waals surface area contributed by atoms with Gasteiger partial charge in [0.2, 0.25) is 5.91 Å². The van der Waals surface area contributed by atoms with Gasteiger partial charge in [0.05, 0.1) is 0 Å². The first-order valence-electron chi connectivity index (χ1n) is 7.45. The van der Waals surface area contributed by atoms with Crippen molar-refractivity contribution < 1.29 is 13.6 Å². The SMILES string of the molecule is CC1CCN(C(=O)CCc2cccc(F)c2F)C(CN)C1. The van der Waals surface area contributed by atoms with Crippen LogP contribution >= 0.6 is 0 Å². The average molecular weight is 296 g/mol. The summed E-state index contributed by atoms with van der Waals surface area (Å²) in [7, 11) is 0. The molecule has 116 valence electrons. The van der Waals surface area contributed by atoms with Crippen LogP contribution in [0.2, 0.25) is 0 Å². The zero-order valence-corrected chi connectivity index (χ0v) is 12.3. The van der Waals surface area contributed by atoms with E-state index >= 15 is 0 Å². The van der Waals surface area contributed by atoms with Crippen LogP contribution < -0.4 is 5.73 Å². The van der Waals surface area contributed by atoms with Crippen LogP contribution in [0, 0.1) is 17.6 Å². The van der Waals surface area contributed by atoms with Crippen molar-refractivity contribution in [3.8, 4) is 0 Å². The van der Waals surface area contributed by atoms with Crippen LogP contribution in [0.3, 0.4) is 0 Å². The number of piperidine rings is 1. The lowest BCUT2D eigenvalue weighted by Gasteiger charge is -2.38. The van der Waals surface area contributed by atoms with Gasteiger partial charge < -0.3 is 10.6 Å². The Hall–Kier alpha value is -1.49. The van der Waals surface area contributed by atoms with Crippen molar-refractivity contribution in [3.05, 3.63) is 35.4 Å². The molecule has 1 amide bonds. The molecule has 3 nitrogen and oxygen atoms in total. The van der Waals surface area contributed by atoms with Crippen LogP contribution in [0.1, 0.15) is 31.7 Å². The minimum absolute atomic E-state index is 0.0268. The number of halogens is 2. The third-order valence-corrected chi connectivity index (χ3v) is 4.21. The average Bonchev–Trinajstić information content (AvgIpc) is 2.48. The van der Waals surface area contributed by atoms with Gasteiger partial charge in [-0.3, -0.25) is 4.79 Å². The van der Waals surface area contributed by atoms with E-state index in [0.29, 0.717) is 19.0 Å². The van der Waals surface area contributed by atoms with Crippen molar-refractivity contribution in [2.24, 2.45) is 11.7 Å². The molecule has 2 rings (SSSR count). The molecular weight excluding hydrogens is 274 g/mol. The van der Waals surface area contributed by atoms with Crippen LogP contribution in [-0.2, 0) is 11.2 Å². The molecule has 1 saturated heterocycles. The number of aryl methyl sites for hydroxylation is 1. The summed E-state index contributed by atoms with van der Waals surface area (Å²) in [5, 5.41) is 0. The minimum atomic E-state index is -0.869. The Labute approximate surface area is 124 Å². The first-order valence-corrected chi connectivity index (χ1v) is 7.45. The van der Waals surface area contributed by atoms with Gasteiger partial charge in [-0.25, -0.2) is 8.78 Å². The van der Waals surface area contributed by atoms with Crippen molar-refractivity contribution in [1.29, 1.82) is 0 Å². The predicted octanol–water partition coefficient (Wildman–Crippen LogP) is 2.48. The highest BCUT2D eigenvalue weighted by Gasteiger charge is 2.28. The second kappa shape index (κ2) is 6.98. The number of hydrogen-bond acceptors (Lipinski definition) is 2. The molecule has 2 atom stereocenters. The molecule has 1 aliphatic rings. The molecule has 0 aromatic heterocycles. The molecule has 1 aromatic carbocycles. The van der Waals surface area contributed by atoms with E-state index in [0.717, 1.165) is 18.9 Å². The second-order valence-corrected chi connectivity index (χ2v) is 5.82. The Bertz CT molecular complexity index is 507. The van der Waals surface area contributed by atoms with Crippen molar-refractivity contribution in [1.82, 2.24) is 4.90 Å². The quantitative estimate of drug-likeness (QED) is 0.928. The Morgan fingerprint density at radius 1 is 1.43 bits per heavy atom. The molecule has 2 unspecified atom stereocenters. The smallest absolute Gasteiger partial charge is 0.223 e. The Morgan fingerprint density at radius 2 is 2.19 bits per heavy atom. The van der Waals surface area contributed by atoms with Gasteiger partial charge in [0.1, 0.15) is 0 Å². The van der Waals surface area contributed by atoms with Gasteiger partial charge in [-0.1, -0.05) is 19.1 Å². The summed E-state index contributed by atoms with van der Waals surface area (Å²) in [5.74, 6) is -1.18. The summed E-state index contributed by atoms with van der Waals surface area (Å²) in [5.41, 5.74) is 5.99. The van der Waals surface area contributed by atoms with Crippen molar-refractivity contribution in [3.63, 3.8) is 0 Å². The molecule has 1 aliphatic heterocycles. The number of hydrogen-bond donors (Lipinski definition) is 1. The fourth-order valence-corrected chi connectivity index (χ4v) is 2.93. The molecule has 0 spiro atoms. The summed E-state index contributed by atoms with van der Waals surface area (Å²) in [6.45, 7) is 3.31. The number of amides is 1.